The van der Waals surface area contributed by atoms with Gasteiger partial charge in [0.15, 0.2) is 0 Å². The number of nitrogens with one attached hydrogen (secondary N) is 1. The van der Waals surface area contributed by atoms with E-state index < -0.39 is 0 Å². The molecule has 0 fully saturated rings. The Balaban J connectivity index is 2.91. The van der Waals surface area contributed by atoms with Gasteiger partial charge in [-0.3, -0.25) is 10.1 Å². The standard InChI is InChI=1S/C12H16N2O2/c1-9(2)7-8-13-11-6-4-5-10(3)12(11)14(15)16/h4-7,13H,8H2,1-3H3. The fraction of sp³-hybridized carbons (Fsp3) is 0.333. The summed E-state index contributed by atoms with van der Waals surface area (Å²) in [7, 11) is 0. The van der Waals surface area contributed by atoms with Crippen molar-refractivity contribution in [3.8, 4) is 0 Å². The number of allylic oxidation sites excluding steroid dienone is 1. The largest absolute Gasteiger partial charge is 0.376 e. The third-order valence-electron chi connectivity index (χ3n) is 2.22. The zero-order valence-corrected chi connectivity index (χ0v) is 9.78. The van der Waals surface area contributed by atoms with E-state index in [0.717, 1.165) is 0 Å². The molecule has 1 aromatic rings. The molecule has 0 spiro atoms. The number of para-hydroxylation sites is 1. The maximum atomic E-state index is 10.9. The molecule has 16 heavy (non-hydrogen) atoms. The highest BCUT2D eigenvalue weighted by Crippen LogP contribution is 2.27. The van der Waals surface area contributed by atoms with Crippen molar-refractivity contribution in [1.82, 2.24) is 0 Å². The fourth-order valence-electron chi connectivity index (χ4n) is 1.41. The summed E-state index contributed by atoms with van der Waals surface area (Å²) in [6, 6.07) is 5.28. The minimum Gasteiger partial charge on any atom is -0.376 e. The molecule has 1 rings (SSSR count). The molecule has 4 nitrogen and oxygen atoms in total. The predicted octanol–water partition coefficient (Wildman–Crippen LogP) is 3.28. The lowest BCUT2D eigenvalue weighted by Crippen LogP contribution is -2.03. The number of rotatable bonds is 4. The van der Waals surface area contributed by atoms with Crippen molar-refractivity contribution in [3.63, 3.8) is 0 Å². The van der Waals surface area contributed by atoms with E-state index in [0.29, 0.717) is 17.8 Å². The topological polar surface area (TPSA) is 55.2 Å². The number of hydrogen-bond donors (Lipinski definition) is 1. The minimum absolute atomic E-state index is 0.157. The zero-order chi connectivity index (χ0) is 12.1. The van der Waals surface area contributed by atoms with E-state index in [9.17, 15) is 10.1 Å². The lowest BCUT2D eigenvalue weighted by molar-refractivity contribution is -0.384. The second-order valence-corrected chi connectivity index (χ2v) is 3.89. The summed E-state index contributed by atoms with van der Waals surface area (Å²) < 4.78 is 0. The average molecular weight is 220 g/mol. The zero-order valence-electron chi connectivity index (χ0n) is 9.78. The van der Waals surface area contributed by atoms with E-state index in [4.69, 9.17) is 0 Å². The van der Waals surface area contributed by atoms with Crippen molar-refractivity contribution in [1.29, 1.82) is 0 Å². The van der Waals surface area contributed by atoms with E-state index in [1.54, 1.807) is 19.1 Å². The van der Waals surface area contributed by atoms with Crippen molar-refractivity contribution in [2.45, 2.75) is 20.8 Å². The predicted molar refractivity (Wildman–Crippen MR) is 65.8 cm³/mol. The van der Waals surface area contributed by atoms with Gasteiger partial charge in [-0.1, -0.05) is 23.8 Å². The first-order valence-corrected chi connectivity index (χ1v) is 5.13. The van der Waals surface area contributed by atoms with E-state index in [1.807, 2.05) is 26.0 Å². The van der Waals surface area contributed by atoms with Crippen molar-refractivity contribution >= 4 is 11.4 Å². The lowest BCUT2D eigenvalue weighted by atomic mass is 10.1. The Hall–Kier alpha value is -1.84. The number of nitro benzene ring substituents is 1. The molecule has 86 valence electrons. The van der Waals surface area contributed by atoms with Crippen LogP contribution in [0, 0.1) is 17.0 Å². The molecule has 0 aromatic heterocycles. The van der Waals surface area contributed by atoms with Gasteiger partial charge in [0, 0.05) is 12.1 Å². The van der Waals surface area contributed by atoms with E-state index in [2.05, 4.69) is 5.32 Å². The summed E-state index contributed by atoms with van der Waals surface area (Å²) in [6.45, 7) is 6.33. The van der Waals surface area contributed by atoms with Gasteiger partial charge in [0.2, 0.25) is 0 Å². The van der Waals surface area contributed by atoms with Gasteiger partial charge < -0.3 is 5.32 Å². The van der Waals surface area contributed by atoms with Crippen LogP contribution < -0.4 is 5.32 Å². The van der Waals surface area contributed by atoms with Gasteiger partial charge in [0.05, 0.1) is 4.92 Å². The van der Waals surface area contributed by atoms with Gasteiger partial charge in [-0.15, -0.1) is 0 Å². The van der Waals surface area contributed by atoms with Crippen molar-refractivity contribution in [2.24, 2.45) is 0 Å². The summed E-state index contributed by atoms with van der Waals surface area (Å²) >= 11 is 0. The highest BCUT2D eigenvalue weighted by Gasteiger charge is 2.15. The highest BCUT2D eigenvalue weighted by molar-refractivity contribution is 5.65. The molecule has 0 atom stereocenters. The Labute approximate surface area is 95.1 Å². The van der Waals surface area contributed by atoms with Crippen LogP contribution in [-0.4, -0.2) is 11.5 Å². The molecule has 0 aliphatic heterocycles. The molecular formula is C12H16N2O2. The molecule has 1 aromatic carbocycles. The van der Waals surface area contributed by atoms with Gasteiger partial charge in [-0.2, -0.15) is 0 Å². The monoisotopic (exact) mass is 220 g/mol. The fourth-order valence-corrected chi connectivity index (χ4v) is 1.41. The quantitative estimate of drug-likeness (QED) is 0.481. The first-order valence-electron chi connectivity index (χ1n) is 5.13. The maximum absolute atomic E-state index is 10.9. The van der Waals surface area contributed by atoms with Crippen LogP contribution in [0.1, 0.15) is 19.4 Å². The summed E-state index contributed by atoms with van der Waals surface area (Å²) in [5.41, 5.74) is 2.59. The molecule has 1 N–H and O–H groups in total. The second kappa shape index (κ2) is 5.30. The smallest absolute Gasteiger partial charge is 0.295 e. The van der Waals surface area contributed by atoms with Gasteiger partial charge in [0.1, 0.15) is 5.69 Å². The number of hydrogen-bond acceptors (Lipinski definition) is 3. The number of benzene rings is 1. The van der Waals surface area contributed by atoms with Crippen LogP contribution in [0.5, 0.6) is 0 Å². The number of nitrogens with zero attached hydrogens (tertiary/aromatic N) is 1. The molecule has 4 heteroatoms. The Morgan fingerprint density at radius 3 is 2.75 bits per heavy atom. The van der Waals surface area contributed by atoms with Crippen LogP contribution in [0.2, 0.25) is 0 Å². The molecule has 0 amide bonds. The van der Waals surface area contributed by atoms with Crippen molar-refractivity contribution < 1.29 is 4.92 Å². The maximum Gasteiger partial charge on any atom is 0.295 e. The molecule has 0 unspecified atom stereocenters. The first-order chi connectivity index (χ1) is 7.52. The third kappa shape index (κ3) is 3.08. The molecule has 0 heterocycles. The van der Waals surface area contributed by atoms with Crippen LogP contribution in [0.4, 0.5) is 11.4 Å². The molecule has 0 aliphatic rings. The van der Waals surface area contributed by atoms with Crippen LogP contribution in [0.3, 0.4) is 0 Å². The highest BCUT2D eigenvalue weighted by atomic mass is 16.6. The SMILES string of the molecule is CC(C)=CCNc1cccc(C)c1[N+](=O)[O-]. The van der Waals surface area contributed by atoms with Crippen molar-refractivity contribution in [2.75, 3.05) is 11.9 Å². The summed E-state index contributed by atoms with van der Waals surface area (Å²) in [6.07, 6.45) is 1.99. The first kappa shape index (κ1) is 12.2. The van der Waals surface area contributed by atoms with Gasteiger partial charge in [0.25, 0.3) is 5.69 Å². The molecule has 0 aliphatic carbocycles. The molecule has 0 saturated carbocycles. The summed E-state index contributed by atoms with van der Waals surface area (Å²) in [5.74, 6) is 0. The van der Waals surface area contributed by atoms with Crippen molar-refractivity contribution in [3.05, 3.63) is 45.5 Å². The van der Waals surface area contributed by atoms with E-state index in [1.165, 1.54) is 5.57 Å². The normalized spacial score (nSPS) is 9.69. The minimum atomic E-state index is -0.347. The summed E-state index contributed by atoms with van der Waals surface area (Å²) in [5, 5.41) is 13.9. The van der Waals surface area contributed by atoms with E-state index >= 15 is 0 Å². The van der Waals surface area contributed by atoms with Crippen LogP contribution in [0.15, 0.2) is 29.8 Å². The van der Waals surface area contributed by atoms with Gasteiger partial charge in [-0.05, 0) is 26.8 Å². The Morgan fingerprint density at radius 1 is 1.50 bits per heavy atom. The van der Waals surface area contributed by atoms with E-state index in [-0.39, 0.29) is 10.6 Å². The van der Waals surface area contributed by atoms with Crippen LogP contribution in [-0.2, 0) is 0 Å². The van der Waals surface area contributed by atoms with Gasteiger partial charge >= 0.3 is 0 Å². The Kier molecular flexibility index (Phi) is 4.05. The Morgan fingerprint density at radius 2 is 2.19 bits per heavy atom. The molecule has 0 saturated heterocycles. The Bertz CT molecular complexity index is 421. The molecule has 0 radical (unpaired) electrons. The summed E-state index contributed by atoms with van der Waals surface area (Å²) in [4.78, 5) is 10.5. The lowest BCUT2D eigenvalue weighted by Gasteiger charge is -2.06. The number of nitro groups is 1. The number of aryl methyl sites for hydroxylation is 1. The number of anilines is 1. The molecular weight excluding hydrogens is 204 g/mol. The van der Waals surface area contributed by atoms with Gasteiger partial charge in [-0.25, -0.2) is 0 Å². The average Bonchev–Trinajstić information content (AvgIpc) is 2.16. The van der Waals surface area contributed by atoms with Crippen LogP contribution in [0.25, 0.3) is 0 Å². The third-order valence-corrected chi connectivity index (χ3v) is 2.22. The molecule has 0 bridgehead atoms. The van der Waals surface area contributed by atoms with Crippen LogP contribution >= 0.6 is 0 Å². The second-order valence-electron chi connectivity index (χ2n) is 3.89.